The van der Waals surface area contributed by atoms with E-state index in [4.69, 9.17) is 5.73 Å². The van der Waals surface area contributed by atoms with E-state index in [0.29, 0.717) is 11.9 Å². The number of rotatable bonds is 3. The first kappa shape index (κ1) is 9.19. The summed E-state index contributed by atoms with van der Waals surface area (Å²) in [6.07, 6.45) is 6.96. The molecule has 1 aliphatic carbocycles. The smallest absolute Gasteiger partial charge is 0.126 e. The summed E-state index contributed by atoms with van der Waals surface area (Å²) >= 11 is 0. The van der Waals surface area contributed by atoms with Gasteiger partial charge >= 0.3 is 0 Å². The Morgan fingerprint density at radius 3 is 3.07 bits per heavy atom. The molecule has 0 amide bonds. The lowest BCUT2D eigenvalue weighted by Gasteiger charge is -2.05. The van der Waals surface area contributed by atoms with Gasteiger partial charge in [0, 0.05) is 18.0 Å². The predicted octanol–water partition coefficient (Wildman–Crippen LogP) is 1.51. The molecule has 3 heteroatoms. The van der Waals surface area contributed by atoms with Gasteiger partial charge in [-0.25, -0.2) is 0 Å². The van der Waals surface area contributed by atoms with Gasteiger partial charge in [-0.05, 0) is 30.9 Å². The Balaban J connectivity index is 2.29. The third-order valence-electron chi connectivity index (χ3n) is 2.43. The summed E-state index contributed by atoms with van der Waals surface area (Å²) in [6, 6.07) is 2.42. The van der Waals surface area contributed by atoms with Crippen molar-refractivity contribution in [3.63, 3.8) is 0 Å². The molecule has 74 valence electrons. The summed E-state index contributed by atoms with van der Waals surface area (Å²) in [7, 11) is 0. The topological polar surface area (TPSA) is 51.3 Å². The predicted molar refractivity (Wildman–Crippen MR) is 57.4 cm³/mol. The highest BCUT2D eigenvalue weighted by atomic mass is 14.9. The maximum absolute atomic E-state index is 5.93. The summed E-state index contributed by atoms with van der Waals surface area (Å²) < 4.78 is 0. The van der Waals surface area contributed by atoms with Crippen molar-refractivity contribution in [3.8, 4) is 0 Å². The molecule has 1 aromatic rings. The van der Waals surface area contributed by atoms with Gasteiger partial charge in [0.15, 0.2) is 0 Å². The van der Waals surface area contributed by atoms with Crippen molar-refractivity contribution >= 4 is 5.84 Å². The molecule has 3 nitrogen and oxygen atoms in total. The van der Waals surface area contributed by atoms with Crippen LogP contribution >= 0.6 is 0 Å². The standard InChI is InChI=1S/C11H15N3/c1-2-8-7-13-6-5-10(8)11(12)14-9-3-4-9/h5-7,9H,2-4H2,1H3,(H2,12,14). The molecular weight excluding hydrogens is 174 g/mol. The minimum atomic E-state index is 0.480. The molecular formula is C11H15N3. The van der Waals surface area contributed by atoms with E-state index in [-0.39, 0.29) is 0 Å². The Bertz CT molecular complexity index is 353. The molecule has 1 fully saturated rings. The molecule has 1 saturated carbocycles. The van der Waals surface area contributed by atoms with Gasteiger partial charge in [-0.1, -0.05) is 6.92 Å². The molecule has 14 heavy (non-hydrogen) atoms. The van der Waals surface area contributed by atoms with Crippen molar-refractivity contribution in [3.05, 3.63) is 29.6 Å². The SMILES string of the molecule is CCc1cnccc1C(N)=NC1CC1. The average molecular weight is 189 g/mol. The Morgan fingerprint density at radius 1 is 1.64 bits per heavy atom. The zero-order chi connectivity index (χ0) is 9.97. The number of pyridine rings is 1. The second-order valence-corrected chi connectivity index (χ2v) is 3.63. The van der Waals surface area contributed by atoms with Crippen LogP contribution in [0.25, 0.3) is 0 Å². The van der Waals surface area contributed by atoms with Crippen molar-refractivity contribution < 1.29 is 0 Å². The van der Waals surface area contributed by atoms with Crippen LogP contribution in [0.4, 0.5) is 0 Å². The lowest BCUT2D eigenvalue weighted by atomic mass is 10.1. The van der Waals surface area contributed by atoms with Crippen molar-refractivity contribution in [1.82, 2.24) is 4.98 Å². The van der Waals surface area contributed by atoms with E-state index in [1.165, 1.54) is 18.4 Å². The number of amidine groups is 1. The van der Waals surface area contributed by atoms with Gasteiger partial charge in [-0.2, -0.15) is 0 Å². The van der Waals surface area contributed by atoms with Gasteiger partial charge in [-0.3, -0.25) is 9.98 Å². The fourth-order valence-corrected chi connectivity index (χ4v) is 1.43. The lowest BCUT2D eigenvalue weighted by Crippen LogP contribution is -2.16. The van der Waals surface area contributed by atoms with E-state index in [0.717, 1.165) is 12.0 Å². The molecule has 1 aromatic heterocycles. The van der Waals surface area contributed by atoms with Crippen LogP contribution in [-0.2, 0) is 6.42 Å². The molecule has 0 aliphatic heterocycles. The first-order chi connectivity index (χ1) is 6.81. The second-order valence-electron chi connectivity index (χ2n) is 3.63. The fraction of sp³-hybridized carbons (Fsp3) is 0.455. The molecule has 1 aliphatic rings. The van der Waals surface area contributed by atoms with E-state index < -0.39 is 0 Å². The van der Waals surface area contributed by atoms with Crippen molar-refractivity contribution in [2.24, 2.45) is 10.7 Å². The normalized spacial score (nSPS) is 17.1. The monoisotopic (exact) mass is 189 g/mol. The number of hydrogen-bond donors (Lipinski definition) is 1. The van der Waals surface area contributed by atoms with Crippen molar-refractivity contribution in [2.75, 3.05) is 0 Å². The zero-order valence-electron chi connectivity index (χ0n) is 8.40. The number of hydrogen-bond acceptors (Lipinski definition) is 2. The number of nitrogens with zero attached hydrogens (tertiary/aromatic N) is 2. The van der Waals surface area contributed by atoms with Gasteiger partial charge in [0.05, 0.1) is 6.04 Å². The van der Waals surface area contributed by atoms with Crippen molar-refractivity contribution in [2.45, 2.75) is 32.2 Å². The minimum Gasteiger partial charge on any atom is -0.383 e. The van der Waals surface area contributed by atoms with Crippen LogP contribution in [-0.4, -0.2) is 16.9 Å². The molecule has 0 atom stereocenters. The molecule has 0 bridgehead atoms. The molecule has 0 spiro atoms. The summed E-state index contributed by atoms with van der Waals surface area (Å²) in [5.74, 6) is 0.673. The summed E-state index contributed by atoms with van der Waals surface area (Å²) in [4.78, 5) is 8.52. The summed E-state index contributed by atoms with van der Waals surface area (Å²) in [5, 5.41) is 0. The Hall–Kier alpha value is -1.38. The van der Waals surface area contributed by atoms with E-state index in [1.54, 1.807) is 6.20 Å². The number of aromatic nitrogens is 1. The largest absolute Gasteiger partial charge is 0.383 e. The number of nitrogens with two attached hydrogens (primary N) is 1. The van der Waals surface area contributed by atoms with Crippen LogP contribution in [0.3, 0.4) is 0 Å². The molecule has 0 saturated heterocycles. The Kier molecular flexibility index (Phi) is 2.48. The first-order valence-corrected chi connectivity index (χ1v) is 5.07. The molecule has 2 N–H and O–H groups in total. The van der Waals surface area contributed by atoms with E-state index in [9.17, 15) is 0 Å². The van der Waals surface area contributed by atoms with E-state index >= 15 is 0 Å². The van der Waals surface area contributed by atoms with Crippen LogP contribution in [0.1, 0.15) is 30.9 Å². The Morgan fingerprint density at radius 2 is 2.43 bits per heavy atom. The van der Waals surface area contributed by atoms with Crippen LogP contribution in [0.2, 0.25) is 0 Å². The first-order valence-electron chi connectivity index (χ1n) is 5.07. The van der Waals surface area contributed by atoms with Gasteiger partial charge < -0.3 is 5.73 Å². The van der Waals surface area contributed by atoms with Crippen LogP contribution < -0.4 is 5.73 Å². The summed E-state index contributed by atoms with van der Waals surface area (Å²) in [6.45, 7) is 2.10. The number of aliphatic imine (C=N–C) groups is 1. The third-order valence-corrected chi connectivity index (χ3v) is 2.43. The van der Waals surface area contributed by atoms with Crippen LogP contribution in [0, 0.1) is 0 Å². The van der Waals surface area contributed by atoms with Crippen LogP contribution in [0.15, 0.2) is 23.5 Å². The highest BCUT2D eigenvalue weighted by molar-refractivity contribution is 5.98. The molecule has 1 heterocycles. The minimum absolute atomic E-state index is 0.480. The highest BCUT2D eigenvalue weighted by Gasteiger charge is 2.21. The molecule has 0 unspecified atom stereocenters. The van der Waals surface area contributed by atoms with Gasteiger partial charge in [0.25, 0.3) is 0 Å². The van der Waals surface area contributed by atoms with Gasteiger partial charge in [0.2, 0.25) is 0 Å². The highest BCUT2D eigenvalue weighted by Crippen LogP contribution is 2.24. The summed E-state index contributed by atoms with van der Waals surface area (Å²) in [5.41, 5.74) is 8.16. The van der Waals surface area contributed by atoms with Gasteiger partial charge in [0.1, 0.15) is 5.84 Å². The van der Waals surface area contributed by atoms with E-state index in [2.05, 4.69) is 16.9 Å². The maximum Gasteiger partial charge on any atom is 0.126 e. The second kappa shape index (κ2) is 3.78. The quantitative estimate of drug-likeness (QED) is 0.579. The number of aryl methyl sites for hydroxylation is 1. The van der Waals surface area contributed by atoms with Crippen molar-refractivity contribution in [1.29, 1.82) is 0 Å². The molecule has 0 radical (unpaired) electrons. The maximum atomic E-state index is 5.93. The molecule has 0 aromatic carbocycles. The molecule has 2 rings (SSSR count). The Labute approximate surface area is 84.1 Å². The zero-order valence-corrected chi connectivity index (χ0v) is 8.40. The lowest BCUT2D eigenvalue weighted by molar-refractivity contribution is 1.05. The fourth-order valence-electron chi connectivity index (χ4n) is 1.43. The average Bonchev–Trinajstić information content (AvgIpc) is 3.01. The van der Waals surface area contributed by atoms with Crippen LogP contribution in [0.5, 0.6) is 0 Å². The van der Waals surface area contributed by atoms with E-state index in [1.807, 2.05) is 12.3 Å². The third kappa shape index (κ3) is 1.92. The van der Waals surface area contributed by atoms with Gasteiger partial charge in [-0.15, -0.1) is 0 Å².